The van der Waals surface area contributed by atoms with E-state index in [0.29, 0.717) is 13.1 Å². The van der Waals surface area contributed by atoms with Gasteiger partial charge in [-0.15, -0.1) is 0 Å². The van der Waals surface area contributed by atoms with Gasteiger partial charge >= 0.3 is 0 Å². The van der Waals surface area contributed by atoms with Gasteiger partial charge in [-0.25, -0.2) is 0 Å². The van der Waals surface area contributed by atoms with Crippen LogP contribution >= 0.6 is 0 Å². The van der Waals surface area contributed by atoms with Gasteiger partial charge < -0.3 is 16.0 Å². The van der Waals surface area contributed by atoms with Crippen molar-refractivity contribution in [3.05, 3.63) is 0 Å². The maximum Gasteiger partial charge on any atom is 0.224 e. The highest BCUT2D eigenvalue weighted by Gasteiger charge is 2.30. The highest BCUT2D eigenvalue weighted by atomic mass is 16.2. The van der Waals surface area contributed by atoms with Gasteiger partial charge in [-0.3, -0.25) is 9.59 Å². The van der Waals surface area contributed by atoms with E-state index in [-0.39, 0.29) is 29.7 Å². The van der Waals surface area contributed by atoms with Crippen molar-refractivity contribution in [1.29, 1.82) is 0 Å². The second-order valence-corrected chi connectivity index (χ2v) is 4.99. The first-order valence-corrected chi connectivity index (χ1v) is 6.47. The molecule has 0 aromatic heterocycles. The summed E-state index contributed by atoms with van der Waals surface area (Å²) in [6, 6.07) is 0.260. The molecular formula is C12H21N3O2. The van der Waals surface area contributed by atoms with Crippen LogP contribution in [0.5, 0.6) is 0 Å². The molecule has 0 aromatic rings. The van der Waals surface area contributed by atoms with Gasteiger partial charge in [-0.05, 0) is 32.7 Å². The van der Waals surface area contributed by atoms with Crippen LogP contribution in [0.2, 0.25) is 0 Å². The van der Waals surface area contributed by atoms with E-state index in [4.69, 9.17) is 0 Å². The first-order chi connectivity index (χ1) is 8.18. The largest absolute Gasteiger partial charge is 0.354 e. The molecule has 5 heteroatoms. The Hall–Kier alpha value is -1.10. The zero-order valence-electron chi connectivity index (χ0n) is 10.3. The summed E-state index contributed by atoms with van der Waals surface area (Å²) in [5.74, 6) is 0.553. The van der Waals surface area contributed by atoms with Gasteiger partial charge in [0.25, 0.3) is 0 Å². The van der Waals surface area contributed by atoms with Crippen molar-refractivity contribution in [3.63, 3.8) is 0 Å². The molecule has 1 saturated heterocycles. The summed E-state index contributed by atoms with van der Waals surface area (Å²) in [6.45, 7) is 4.01. The Morgan fingerprint density at radius 1 is 1.12 bits per heavy atom. The van der Waals surface area contributed by atoms with E-state index < -0.39 is 0 Å². The van der Waals surface area contributed by atoms with E-state index in [1.54, 1.807) is 0 Å². The van der Waals surface area contributed by atoms with Crippen LogP contribution < -0.4 is 16.0 Å². The van der Waals surface area contributed by atoms with Crippen molar-refractivity contribution in [1.82, 2.24) is 16.0 Å². The fourth-order valence-corrected chi connectivity index (χ4v) is 2.21. The summed E-state index contributed by atoms with van der Waals surface area (Å²) in [6.07, 6.45) is 2.94. The highest BCUT2D eigenvalue weighted by Crippen LogP contribution is 2.28. The Balaban J connectivity index is 1.58. The minimum Gasteiger partial charge on any atom is -0.354 e. The van der Waals surface area contributed by atoms with Gasteiger partial charge in [-0.2, -0.15) is 0 Å². The number of nitrogens with one attached hydrogen (secondary N) is 3. The SMILES string of the molecule is CC1NCCC1C(=O)NCCNC(=O)C1CC1. The molecule has 0 aromatic carbocycles. The van der Waals surface area contributed by atoms with Crippen LogP contribution in [0.15, 0.2) is 0 Å². The first-order valence-electron chi connectivity index (χ1n) is 6.47. The van der Waals surface area contributed by atoms with Gasteiger partial charge in [0.1, 0.15) is 0 Å². The van der Waals surface area contributed by atoms with E-state index in [1.807, 2.05) is 6.92 Å². The van der Waals surface area contributed by atoms with Crippen molar-refractivity contribution < 1.29 is 9.59 Å². The maximum absolute atomic E-state index is 11.8. The molecule has 1 saturated carbocycles. The molecule has 2 aliphatic rings. The predicted molar refractivity (Wildman–Crippen MR) is 64.3 cm³/mol. The molecule has 2 rings (SSSR count). The molecule has 2 unspecified atom stereocenters. The highest BCUT2D eigenvalue weighted by molar-refractivity contribution is 5.81. The molecule has 1 aliphatic heterocycles. The Kier molecular flexibility index (Phi) is 3.99. The molecule has 3 N–H and O–H groups in total. The predicted octanol–water partition coefficient (Wildman–Crippen LogP) is -0.373. The average Bonchev–Trinajstić information content (AvgIpc) is 3.07. The van der Waals surface area contributed by atoms with Gasteiger partial charge in [0.15, 0.2) is 0 Å². The minimum absolute atomic E-state index is 0.0779. The van der Waals surface area contributed by atoms with Crippen LogP contribution in [0, 0.1) is 11.8 Å². The lowest BCUT2D eigenvalue weighted by Gasteiger charge is -2.15. The van der Waals surface area contributed by atoms with Gasteiger partial charge in [-0.1, -0.05) is 0 Å². The van der Waals surface area contributed by atoms with E-state index in [0.717, 1.165) is 25.8 Å². The number of hydrogen-bond donors (Lipinski definition) is 3. The van der Waals surface area contributed by atoms with E-state index in [2.05, 4.69) is 16.0 Å². The summed E-state index contributed by atoms with van der Waals surface area (Å²) in [4.78, 5) is 23.1. The third-order valence-corrected chi connectivity index (χ3v) is 3.53. The fourth-order valence-electron chi connectivity index (χ4n) is 2.21. The molecule has 2 fully saturated rings. The Bertz CT molecular complexity index is 302. The molecule has 1 aliphatic carbocycles. The summed E-state index contributed by atoms with van der Waals surface area (Å²) in [5.41, 5.74) is 0. The van der Waals surface area contributed by atoms with Crippen LogP contribution in [0.1, 0.15) is 26.2 Å². The molecule has 96 valence electrons. The van der Waals surface area contributed by atoms with Crippen molar-refractivity contribution in [2.45, 2.75) is 32.2 Å². The number of carbonyl (C=O) groups is 2. The van der Waals surface area contributed by atoms with Crippen molar-refractivity contribution >= 4 is 11.8 Å². The van der Waals surface area contributed by atoms with Crippen LogP contribution in [0.3, 0.4) is 0 Å². The maximum atomic E-state index is 11.8. The molecule has 2 atom stereocenters. The Labute approximate surface area is 102 Å². The quantitative estimate of drug-likeness (QED) is 0.573. The van der Waals surface area contributed by atoms with Gasteiger partial charge in [0, 0.05) is 25.0 Å². The second kappa shape index (κ2) is 5.49. The zero-order valence-corrected chi connectivity index (χ0v) is 10.3. The number of carbonyl (C=O) groups excluding carboxylic acids is 2. The summed E-state index contributed by atoms with van der Waals surface area (Å²) in [7, 11) is 0. The first kappa shape index (κ1) is 12.4. The molecule has 17 heavy (non-hydrogen) atoms. The molecule has 0 bridgehead atoms. The second-order valence-electron chi connectivity index (χ2n) is 4.99. The Morgan fingerprint density at radius 3 is 2.29 bits per heavy atom. The number of amides is 2. The lowest BCUT2D eigenvalue weighted by atomic mass is 10.0. The molecule has 2 amide bonds. The monoisotopic (exact) mass is 239 g/mol. The fraction of sp³-hybridized carbons (Fsp3) is 0.833. The Morgan fingerprint density at radius 2 is 1.76 bits per heavy atom. The standard InChI is InChI=1S/C12H21N3O2/c1-8-10(4-5-13-8)12(17)15-7-6-14-11(16)9-2-3-9/h8-10,13H,2-7H2,1H3,(H,14,16)(H,15,17). The molecule has 1 heterocycles. The molecule has 0 radical (unpaired) electrons. The number of hydrogen-bond acceptors (Lipinski definition) is 3. The molecule has 0 spiro atoms. The third-order valence-electron chi connectivity index (χ3n) is 3.53. The topological polar surface area (TPSA) is 70.2 Å². The minimum atomic E-state index is 0.0779. The average molecular weight is 239 g/mol. The van der Waals surface area contributed by atoms with Crippen LogP contribution in [-0.2, 0) is 9.59 Å². The van der Waals surface area contributed by atoms with Gasteiger partial charge in [0.2, 0.25) is 11.8 Å². The van der Waals surface area contributed by atoms with Crippen molar-refractivity contribution in [2.24, 2.45) is 11.8 Å². The van der Waals surface area contributed by atoms with E-state index >= 15 is 0 Å². The van der Waals surface area contributed by atoms with Crippen LogP contribution in [-0.4, -0.2) is 37.5 Å². The van der Waals surface area contributed by atoms with Crippen LogP contribution in [0.4, 0.5) is 0 Å². The third kappa shape index (κ3) is 3.43. The van der Waals surface area contributed by atoms with Crippen LogP contribution in [0.25, 0.3) is 0 Å². The van der Waals surface area contributed by atoms with Gasteiger partial charge in [0.05, 0.1) is 5.92 Å². The zero-order chi connectivity index (χ0) is 12.3. The lowest BCUT2D eigenvalue weighted by molar-refractivity contribution is -0.126. The normalized spacial score (nSPS) is 27.8. The van der Waals surface area contributed by atoms with Crippen molar-refractivity contribution in [3.8, 4) is 0 Å². The smallest absolute Gasteiger partial charge is 0.224 e. The number of rotatable bonds is 5. The van der Waals surface area contributed by atoms with Crippen molar-refractivity contribution in [2.75, 3.05) is 19.6 Å². The molecular weight excluding hydrogens is 218 g/mol. The summed E-state index contributed by atoms with van der Waals surface area (Å²) >= 11 is 0. The molecule has 5 nitrogen and oxygen atoms in total. The summed E-state index contributed by atoms with van der Waals surface area (Å²) in [5, 5.41) is 8.96. The van der Waals surface area contributed by atoms with E-state index in [9.17, 15) is 9.59 Å². The lowest BCUT2D eigenvalue weighted by Crippen LogP contribution is -2.40. The van der Waals surface area contributed by atoms with E-state index in [1.165, 1.54) is 0 Å². The summed E-state index contributed by atoms with van der Waals surface area (Å²) < 4.78 is 0.